The smallest absolute Gasteiger partial charge is 0.274 e. The third-order valence-electron chi connectivity index (χ3n) is 5.21. The Labute approximate surface area is 158 Å². The highest BCUT2D eigenvalue weighted by molar-refractivity contribution is 5.94. The summed E-state index contributed by atoms with van der Waals surface area (Å²) in [6, 6.07) is 14.1. The average Bonchev–Trinajstić information content (AvgIpc) is 2.73. The summed E-state index contributed by atoms with van der Waals surface area (Å²) in [5, 5.41) is 0. The molecular weight excluding hydrogens is 341 g/mol. The van der Waals surface area contributed by atoms with Gasteiger partial charge in [0.05, 0.1) is 17.2 Å². The first kappa shape index (κ1) is 17.6. The molecule has 1 amide bonds. The molecule has 4 rings (SSSR count). The van der Waals surface area contributed by atoms with Crippen LogP contribution in [0.1, 0.15) is 48.2 Å². The molecule has 4 nitrogen and oxygen atoms in total. The Kier molecular flexibility index (Phi) is 5.10. The molecule has 0 radical (unpaired) electrons. The van der Waals surface area contributed by atoms with E-state index >= 15 is 0 Å². The molecule has 0 atom stereocenters. The normalized spacial score (nSPS) is 15.0. The monoisotopic (exact) mass is 363 g/mol. The third-order valence-corrected chi connectivity index (χ3v) is 5.21. The lowest BCUT2D eigenvalue weighted by molar-refractivity contribution is 0.0608. The van der Waals surface area contributed by atoms with Gasteiger partial charge in [0.15, 0.2) is 0 Å². The highest BCUT2D eigenvalue weighted by Crippen LogP contribution is 2.26. The molecule has 1 heterocycles. The standard InChI is InChI=1S/C22H22FN3O/c23-17-12-10-16(11-13-17)15-26(18-6-2-1-3-7-18)22(27)21-14-24-19-8-4-5-9-20(19)25-21/h4-5,8-14,18H,1-3,6-7,15H2. The number of hydrogen-bond acceptors (Lipinski definition) is 3. The van der Waals surface area contributed by atoms with Crippen molar-refractivity contribution >= 4 is 16.9 Å². The predicted molar refractivity (Wildman–Crippen MR) is 103 cm³/mol. The fourth-order valence-electron chi connectivity index (χ4n) is 3.75. The number of nitrogens with zero attached hydrogens (tertiary/aromatic N) is 3. The highest BCUT2D eigenvalue weighted by Gasteiger charge is 2.27. The van der Waals surface area contributed by atoms with Gasteiger partial charge >= 0.3 is 0 Å². The van der Waals surface area contributed by atoms with Crippen molar-refractivity contribution in [1.82, 2.24) is 14.9 Å². The van der Waals surface area contributed by atoms with E-state index in [1.807, 2.05) is 29.2 Å². The molecule has 0 unspecified atom stereocenters. The van der Waals surface area contributed by atoms with Gasteiger partial charge in [0.2, 0.25) is 0 Å². The van der Waals surface area contributed by atoms with Gasteiger partial charge in [0.25, 0.3) is 5.91 Å². The molecule has 27 heavy (non-hydrogen) atoms. The van der Waals surface area contributed by atoms with Gasteiger partial charge in [-0.3, -0.25) is 9.78 Å². The van der Waals surface area contributed by atoms with E-state index in [1.54, 1.807) is 18.3 Å². The maximum Gasteiger partial charge on any atom is 0.274 e. The Morgan fingerprint density at radius 3 is 2.44 bits per heavy atom. The summed E-state index contributed by atoms with van der Waals surface area (Å²) in [5.74, 6) is -0.376. The molecule has 0 spiro atoms. The fraction of sp³-hybridized carbons (Fsp3) is 0.318. The van der Waals surface area contributed by atoms with E-state index in [9.17, 15) is 9.18 Å². The minimum absolute atomic E-state index is 0.107. The van der Waals surface area contributed by atoms with Crippen molar-refractivity contribution in [3.8, 4) is 0 Å². The summed E-state index contributed by atoms with van der Waals surface area (Å²) in [4.78, 5) is 24.1. The molecule has 3 aromatic rings. The van der Waals surface area contributed by atoms with Crippen LogP contribution in [0.15, 0.2) is 54.7 Å². The molecule has 0 N–H and O–H groups in total. The van der Waals surface area contributed by atoms with Crippen LogP contribution in [0, 0.1) is 5.82 Å². The highest BCUT2D eigenvalue weighted by atomic mass is 19.1. The van der Waals surface area contributed by atoms with Crippen LogP contribution in [0.3, 0.4) is 0 Å². The fourth-order valence-corrected chi connectivity index (χ4v) is 3.75. The predicted octanol–water partition coefficient (Wildman–Crippen LogP) is 4.74. The summed E-state index contributed by atoms with van der Waals surface area (Å²) in [6.45, 7) is 0.457. The first-order chi connectivity index (χ1) is 13.2. The van der Waals surface area contributed by atoms with E-state index < -0.39 is 0 Å². The minimum Gasteiger partial charge on any atom is -0.330 e. The Hall–Kier alpha value is -2.82. The molecule has 1 aromatic heterocycles. The van der Waals surface area contributed by atoms with E-state index in [0.717, 1.165) is 36.8 Å². The summed E-state index contributed by atoms with van der Waals surface area (Å²) in [6.07, 6.45) is 7.01. The van der Waals surface area contributed by atoms with Crippen LogP contribution in [0.4, 0.5) is 4.39 Å². The van der Waals surface area contributed by atoms with Gasteiger partial charge in [-0.1, -0.05) is 43.5 Å². The topological polar surface area (TPSA) is 46.1 Å². The summed E-state index contributed by atoms with van der Waals surface area (Å²) >= 11 is 0. The van der Waals surface area contributed by atoms with Crippen LogP contribution in [-0.2, 0) is 6.54 Å². The Morgan fingerprint density at radius 2 is 1.70 bits per heavy atom. The SMILES string of the molecule is O=C(c1cnc2ccccc2n1)N(Cc1ccc(F)cc1)C1CCCCC1. The van der Waals surface area contributed by atoms with Crippen molar-refractivity contribution in [3.63, 3.8) is 0 Å². The van der Waals surface area contributed by atoms with Gasteiger partial charge in [-0.15, -0.1) is 0 Å². The van der Waals surface area contributed by atoms with E-state index in [4.69, 9.17) is 0 Å². The van der Waals surface area contributed by atoms with Crippen molar-refractivity contribution in [3.05, 3.63) is 71.8 Å². The zero-order valence-electron chi connectivity index (χ0n) is 15.1. The molecule has 138 valence electrons. The zero-order valence-corrected chi connectivity index (χ0v) is 15.1. The molecule has 2 aromatic carbocycles. The number of halogens is 1. The second kappa shape index (κ2) is 7.82. The molecule has 1 fully saturated rings. The van der Waals surface area contributed by atoms with Gasteiger partial charge in [-0.25, -0.2) is 9.37 Å². The van der Waals surface area contributed by atoms with Crippen LogP contribution < -0.4 is 0 Å². The van der Waals surface area contributed by atoms with E-state index in [1.165, 1.54) is 18.6 Å². The quantitative estimate of drug-likeness (QED) is 0.672. The molecule has 1 aliphatic carbocycles. The molecular formula is C22H22FN3O. The number of fused-ring (bicyclic) bond motifs is 1. The maximum absolute atomic E-state index is 13.3. The lowest BCUT2D eigenvalue weighted by Crippen LogP contribution is -2.41. The minimum atomic E-state index is -0.269. The largest absolute Gasteiger partial charge is 0.330 e. The lowest BCUT2D eigenvalue weighted by atomic mass is 9.93. The first-order valence-corrected chi connectivity index (χ1v) is 9.48. The average molecular weight is 363 g/mol. The van der Waals surface area contributed by atoms with Gasteiger partial charge in [-0.05, 0) is 42.7 Å². The molecule has 0 aliphatic heterocycles. The second-order valence-electron chi connectivity index (χ2n) is 7.10. The number of aromatic nitrogens is 2. The maximum atomic E-state index is 13.3. The van der Waals surface area contributed by atoms with Crippen LogP contribution in [0.2, 0.25) is 0 Å². The van der Waals surface area contributed by atoms with E-state index in [-0.39, 0.29) is 17.8 Å². The second-order valence-corrected chi connectivity index (χ2v) is 7.10. The number of para-hydroxylation sites is 2. The molecule has 1 saturated carbocycles. The summed E-state index contributed by atoms with van der Waals surface area (Å²) in [7, 11) is 0. The Bertz CT molecular complexity index is 936. The van der Waals surface area contributed by atoms with Gasteiger partial charge in [-0.2, -0.15) is 0 Å². The van der Waals surface area contributed by atoms with Crippen molar-refractivity contribution in [2.45, 2.75) is 44.7 Å². The lowest BCUT2D eigenvalue weighted by Gasteiger charge is -2.34. The van der Waals surface area contributed by atoms with Crippen molar-refractivity contribution in [1.29, 1.82) is 0 Å². The van der Waals surface area contributed by atoms with Crippen LogP contribution in [0.25, 0.3) is 11.0 Å². The van der Waals surface area contributed by atoms with E-state index in [0.29, 0.717) is 17.8 Å². The number of carbonyl (C=O) groups excluding carboxylic acids is 1. The number of rotatable bonds is 4. The number of carbonyl (C=O) groups is 1. The first-order valence-electron chi connectivity index (χ1n) is 9.48. The molecule has 1 aliphatic rings. The Morgan fingerprint density at radius 1 is 1.00 bits per heavy atom. The van der Waals surface area contributed by atoms with Crippen molar-refractivity contribution in [2.75, 3.05) is 0 Å². The van der Waals surface area contributed by atoms with Gasteiger partial charge < -0.3 is 4.90 Å². The Balaban J connectivity index is 1.64. The molecule has 5 heteroatoms. The number of amides is 1. The van der Waals surface area contributed by atoms with Crippen molar-refractivity contribution in [2.24, 2.45) is 0 Å². The van der Waals surface area contributed by atoms with Crippen LogP contribution in [-0.4, -0.2) is 26.8 Å². The van der Waals surface area contributed by atoms with Crippen LogP contribution >= 0.6 is 0 Å². The zero-order chi connectivity index (χ0) is 18.6. The van der Waals surface area contributed by atoms with Gasteiger partial charge in [0, 0.05) is 12.6 Å². The van der Waals surface area contributed by atoms with E-state index in [2.05, 4.69) is 9.97 Å². The third kappa shape index (κ3) is 3.97. The van der Waals surface area contributed by atoms with Crippen LogP contribution in [0.5, 0.6) is 0 Å². The number of hydrogen-bond donors (Lipinski definition) is 0. The summed E-state index contributed by atoms with van der Waals surface area (Å²) < 4.78 is 13.3. The summed E-state index contributed by atoms with van der Waals surface area (Å²) in [5.41, 5.74) is 2.77. The van der Waals surface area contributed by atoms with Gasteiger partial charge in [0.1, 0.15) is 11.5 Å². The van der Waals surface area contributed by atoms with Crippen molar-refractivity contribution < 1.29 is 9.18 Å². The molecule has 0 saturated heterocycles. The number of benzene rings is 2. The molecule has 0 bridgehead atoms.